The van der Waals surface area contributed by atoms with Crippen molar-refractivity contribution in [3.05, 3.63) is 42.1 Å². The Morgan fingerprint density at radius 2 is 2.00 bits per heavy atom. The summed E-state index contributed by atoms with van der Waals surface area (Å²) < 4.78 is 0.227. The number of nitrogens with one attached hydrogen (secondary N) is 1. The van der Waals surface area contributed by atoms with E-state index >= 15 is 0 Å². The van der Waals surface area contributed by atoms with E-state index < -0.39 is 11.9 Å². The van der Waals surface area contributed by atoms with Crippen LogP contribution in [0.4, 0.5) is 0 Å². The summed E-state index contributed by atoms with van der Waals surface area (Å²) in [6, 6.07) is 10.3. The Bertz CT molecular complexity index is 673. The van der Waals surface area contributed by atoms with Gasteiger partial charge in [-0.25, -0.2) is 4.98 Å². The van der Waals surface area contributed by atoms with Crippen LogP contribution in [-0.2, 0) is 4.79 Å². The molecule has 0 aliphatic carbocycles. The van der Waals surface area contributed by atoms with Gasteiger partial charge in [0.05, 0.1) is 5.52 Å². The van der Waals surface area contributed by atoms with E-state index in [1.54, 1.807) is 6.07 Å². The van der Waals surface area contributed by atoms with Gasteiger partial charge < -0.3 is 11.1 Å². The van der Waals surface area contributed by atoms with Crippen molar-refractivity contribution in [1.29, 1.82) is 0 Å². The first-order valence-corrected chi connectivity index (χ1v) is 7.82. The van der Waals surface area contributed by atoms with Gasteiger partial charge in [-0.2, -0.15) is 0 Å². The van der Waals surface area contributed by atoms with Gasteiger partial charge in [0.15, 0.2) is 0 Å². The van der Waals surface area contributed by atoms with E-state index in [0.717, 1.165) is 10.9 Å². The van der Waals surface area contributed by atoms with Gasteiger partial charge in [0.25, 0.3) is 5.91 Å². The Hall–Kier alpha value is -1.70. The van der Waals surface area contributed by atoms with E-state index in [-0.39, 0.29) is 15.5 Å². The second-order valence-corrected chi connectivity index (χ2v) is 6.96. The number of alkyl halides is 1. The average Bonchev–Trinajstić information content (AvgIpc) is 2.45. The van der Waals surface area contributed by atoms with Crippen LogP contribution in [0.15, 0.2) is 36.4 Å². The number of rotatable bonds is 5. The van der Waals surface area contributed by atoms with Gasteiger partial charge in [0.2, 0.25) is 5.91 Å². The lowest BCUT2D eigenvalue weighted by atomic mass is 10.1. The number of primary amides is 1. The van der Waals surface area contributed by atoms with Crippen LogP contribution >= 0.6 is 22.6 Å². The molecule has 1 aromatic carbocycles. The zero-order chi connectivity index (χ0) is 15.4. The maximum atomic E-state index is 12.2. The molecule has 0 spiro atoms. The molecule has 2 aromatic rings. The number of para-hydroxylation sites is 1. The number of pyridine rings is 1. The molecule has 0 aliphatic heterocycles. The summed E-state index contributed by atoms with van der Waals surface area (Å²) in [6.07, 6.45) is 0.495. The molecule has 110 valence electrons. The normalized spacial score (nSPS) is 13.6. The number of hydrogen-bond donors (Lipinski definition) is 2. The van der Waals surface area contributed by atoms with Gasteiger partial charge in [-0.3, -0.25) is 9.59 Å². The molecule has 1 unspecified atom stereocenters. The van der Waals surface area contributed by atoms with Gasteiger partial charge >= 0.3 is 0 Å². The Kier molecular flexibility index (Phi) is 5.11. The van der Waals surface area contributed by atoms with E-state index in [1.807, 2.05) is 37.3 Å². The fourth-order valence-electron chi connectivity index (χ4n) is 2.00. The van der Waals surface area contributed by atoms with E-state index in [9.17, 15) is 9.59 Å². The Morgan fingerprint density at radius 3 is 2.67 bits per heavy atom. The molecule has 3 N–H and O–H groups in total. The van der Waals surface area contributed by atoms with Gasteiger partial charge in [-0.15, -0.1) is 0 Å². The number of amides is 2. The smallest absolute Gasteiger partial charge is 0.270 e. The van der Waals surface area contributed by atoms with Crippen molar-refractivity contribution in [2.75, 3.05) is 0 Å². The quantitative estimate of drug-likeness (QED) is 0.598. The molecular formula is C15H16IN3O2. The first-order valence-electron chi connectivity index (χ1n) is 6.57. The molecule has 2 atom stereocenters. The molecule has 0 aliphatic rings. The molecule has 0 fully saturated rings. The number of fused-ring (bicyclic) bond motifs is 1. The predicted octanol–water partition coefficient (Wildman–Crippen LogP) is 2.03. The summed E-state index contributed by atoms with van der Waals surface area (Å²) in [7, 11) is 0. The monoisotopic (exact) mass is 397 g/mol. The number of hydrogen-bond acceptors (Lipinski definition) is 3. The van der Waals surface area contributed by atoms with Crippen LogP contribution in [0.25, 0.3) is 10.9 Å². The number of nitrogens with two attached hydrogens (primary N) is 1. The van der Waals surface area contributed by atoms with Crippen LogP contribution in [0.5, 0.6) is 0 Å². The molecule has 0 saturated carbocycles. The Morgan fingerprint density at radius 1 is 1.29 bits per heavy atom. The van der Waals surface area contributed by atoms with Gasteiger partial charge in [-0.1, -0.05) is 53.8 Å². The predicted molar refractivity (Wildman–Crippen MR) is 90.3 cm³/mol. The SMILES string of the molecule is CC(I)C[C@H](NC(=O)c1ccc2ccccc2n1)C(N)=O. The molecule has 5 nitrogen and oxygen atoms in total. The molecular weight excluding hydrogens is 381 g/mol. The molecule has 0 radical (unpaired) electrons. The summed E-state index contributed by atoms with van der Waals surface area (Å²) >= 11 is 2.19. The highest BCUT2D eigenvalue weighted by Crippen LogP contribution is 2.12. The van der Waals surface area contributed by atoms with Crippen LogP contribution in [0, 0.1) is 0 Å². The third-order valence-electron chi connectivity index (χ3n) is 3.04. The van der Waals surface area contributed by atoms with Crippen molar-refractivity contribution in [1.82, 2.24) is 10.3 Å². The van der Waals surface area contributed by atoms with Crippen molar-refractivity contribution < 1.29 is 9.59 Å². The van der Waals surface area contributed by atoms with E-state index in [4.69, 9.17) is 5.73 Å². The minimum atomic E-state index is -0.683. The topological polar surface area (TPSA) is 85.1 Å². The van der Waals surface area contributed by atoms with Crippen LogP contribution in [0.3, 0.4) is 0 Å². The Balaban J connectivity index is 2.19. The summed E-state index contributed by atoms with van der Waals surface area (Å²) in [5.41, 5.74) is 6.34. The molecule has 1 heterocycles. The molecule has 0 bridgehead atoms. The van der Waals surface area contributed by atoms with Gasteiger partial charge in [-0.05, 0) is 18.6 Å². The van der Waals surface area contributed by atoms with E-state index in [0.29, 0.717) is 6.42 Å². The number of halogens is 1. The van der Waals surface area contributed by atoms with Crippen LogP contribution in [-0.4, -0.2) is 26.8 Å². The lowest BCUT2D eigenvalue weighted by molar-refractivity contribution is -0.119. The maximum absolute atomic E-state index is 12.2. The molecule has 2 amide bonds. The molecule has 21 heavy (non-hydrogen) atoms. The van der Waals surface area contributed by atoms with Crippen molar-refractivity contribution in [3.63, 3.8) is 0 Å². The Labute approximate surface area is 136 Å². The number of benzene rings is 1. The third kappa shape index (κ3) is 4.13. The molecule has 0 saturated heterocycles. The lowest BCUT2D eigenvalue weighted by Gasteiger charge is -2.16. The molecule has 6 heteroatoms. The minimum absolute atomic E-state index is 0.227. The fraction of sp³-hybridized carbons (Fsp3) is 0.267. The summed E-state index contributed by atoms with van der Waals surface area (Å²) in [6.45, 7) is 1.96. The number of carbonyl (C=O) groups excluding carboxylic acids is 2. The largest absolute Gasteiger partial charge is 0.368 e. The second-order valence-electron chi connectivity index (χ2n) is 4.83. The average molecular weight is 397 g/mol. The van der Waals surface area contributed by atoms with Crippen molar-refractivity contribution in [2.24, 2.45) is 5.73 Å². The standard InChI is InChI=1S/C15H16IN3O2/c1-9(16)8-13(14(17)20)19-15(21)12-7-6-10-4-2-3-5-11(10)18-12/h2-7,9,13H,8H2,1H3,(H2,17,20)(H,19,21)/t9?,13-/m0/s1. The van der Waals surface area contributed by atoms with E-state index in [1.165, 1.54) is 0 Å². The van der Waals surface area contributed by atoms with Crippen molar-refractivity contribution >= 4 is 45.3 Å². The zero-order valence-corrected chi connectivity index (χ0v) is 13.7. The fourth-order valence-corrected chi connectivity index (χ4v) is 2.50. The minimum Gasteiger partial charge on any atom is -0.368 e. The lowest BCUT2D eigenvalue weighted by Crippen LogP contribution is -2.45. The van der Waals surface area contributed by atoms with Gasteiger partial charge in [0, 0.05) is 9.31 Å². The number of carbonyl (C=O) groups is 2. The molecule has 1 aromatic heterocycles. The van der Waals surface area contributed by atoms with Crippen LogP contribution < -0.4 is 11.1 Å². The summed E-state index contributed by atoms with van der Waals surface area (Å²) in [5.74, 6) is -0.922. The zero-order valence-electron chi connectivity index (χ0n) is 11.5. The number of nitrogens with zero attached hydrogens (tertiary/aromatic N) is 1. The number of aromatic nitrogens is 1. The van der Waals surface area contributed by atoms with Crippen LogP contribution in [0.2, 0.25) is 0 Å². The molecule has 2 rings (SSSR count). The van der Waals surface area contributed by atoms with Crippen molar-refractivity contribution in [3.8, 4) is 0 Å². The third-order valence-corrected chi connectivity index (χ3v) is 3.55. The highest BCUT2D eigenvalue weighted by atomic mass is 127. The van der Waals surface area contributed by atoms with Crippen molar-refractivity contribution in [2.45, 2.75) is 23.3 Å². The first-order chi connectivity index (χ1) is 9.97. The maximum Gasteiger partial charge on any atom is 0.270 e. The first kappa shape index (κ1) is 15.7. The van der Waals surface area contributed by atoms with Gasteiger partial charge in [0.1, 0.15) is 11.7 Å². The summed E-state index contributed by atoms with van der Waals surface area (Å²) in [4.78, 5) is 27.9. The summed E-state index contributed by atoms with van der Waals surface area (Å²) in [5, 5.41) is 3.61. The van der Waals surface area contributed by atoms with Crippen LogP contribution in [0.1, 0.15) is 23.8 Å². The highest BCUT2D eigenvalue weighted by molar-refractivity contribution is 14.1. The van der Waals surface area contributed by atoms with E-state index in [2.05, 4.69) is 32.9 Å². The second kappa shape index (κ2) is 6.84. The highest BCUT2D eigenvalue weighted by Gasteiger charge is 2.21.